The van der Waals surface area contributed by atoms with Gasteiger partial charge in [-0.3, -0.25) is 4.79 Å². The number of ether oxygens (including phenoxy) is 2. The van der Waals surface area contributed by atoms with E-state index in [9.17, 15) is 9.59 Å². The Morgan fingerprint density at radius 2 is 2.00 bits per heavy atom. The molecule has 1 aromatic rings. The first-order chi connectivity index (χ1) is 9.55. The number of aliphatic carboxylic acids is 1. The van der Waals surface area contributed by atoms with E-state index in [2.05, 4.69) is 5.32 Å². The van der Waals surface area contributed by atoms with Crippen LogP contribution in [0.3, 0.4) is 0 Å². The van der Waals surface area contributed by atoms with Crippen LogP contribution in [0.4, 0.5) is 5.69 Å². The average molecular weight is 282 g/mol. The van der Waals surface area contributed by atoms with Crippen LogP contribution in [0.5, 0.6) is 5.75 Å². The lowest BCUT2D eigenvalue weighted by Gasteiger charge is -2.12. The number of nitrogens with two attached hydrogens (primary N) is 1. The molecule has 1 aromatic carbocycles. The number of hydrogen-bond donors (Lipinski definition) is 3. The molecule has 0 aliphatic rings. The van der Waals surface area contributed by atoms with Crippen molar-refractivity contribution in [3.63, 3.8) is 0 Å². The number of carbonyl (C=O) groups excluding carboxylic acids is 1. The summed E-state index contributed by atoms with van der Waals surface area (Å²) < 4.78 is 10.00. The molecule has 0 radical (unpaired) electrons. The molecule has 0 heterocycles. The highest BCUT2D eigenvalue weighted by molar-refractivity contribution is 5.91. The first-order valence-corrected chi connectivity index (χ1v) is 6.02. The lowest BCUT2D eigenvalue weighted by molar-refractivity contribution is -0.139. The van der Waals surface area contributed by atoms with Gasteiger partial charge in [0.15, 0.2) is 6.61 Å². The number of carboxylic acids is 1. The van der Waals surface area contributed by atoms with E-state index in [1.807, 2.05) is 0 Å². The van der Waals surface area contributed by atoms with Gasteiger partial charge in [-0.05, 0) is 24.3 Å². The fourth-order valence-corrected chi connectivity index (χ4v) is 1.46. The summed E-state index contributed by atoms with van der Waals surface area (Å²) in [7, 11) is 1.50. The van der Waals surface area contributed by atoms with Gasteiger partial charge in [0.05, 0.1) is 12.5 Å². The van der Waals surface area contributed by atoms with Crippen LogP contribution < -0.4 is 15.8 Å². The second kappa shape index (κ2) is 8.13. The molecule has 4 N–H and O–H groups in total. The summed E-state index contributed by atoms with van der Waals surface area (Å²) in [6.45, 7) is -0.135. The van der Waals surface area contributed by atoms with Crippen molar-refractivity contribution in [2.24, 2.45) is 5.73 Å². The standard InChI is InChI=1S/C13H18N2O5/c1-19-11(7-14)6-12(16)15-9-2-4-10(5-3-9)20-8-13(17)18/h2-5,11H,6-8,14H2,1H3,(H,15,16)(H,17,18). The first kappa shape index (κ1) is 15.9. The Morgan fingerprint density at radius 3 is 2.50 bits per heavy atom. The molecular formula is C13H18N2O5. The van der Waals surface area contributed by atoms with Crippen LogP contribution in [0.15, 0.2) is 24.3 Å². The summed E-state index contributed by atoms with van der Waals surface area (Å²) in [6.07, 6.45) is -0.141. The quantitative estimate of drug-likeness (QED) is 0.638. The van der Waals surface area contributed by atoms with Crippen molar-refractivity contribution in [1.82, 2.24) is 0 Å². The topological polar surface area (TPSA) is 111 Å². The molecule has 110 valence electrons. The monoisotopic (exact) mass is 282 g/mol. The number of carbonyl (C=O) groups is 2. The zero-order valence-electron chi connectivity index (χ0n) is 11.2. The molecule has 1 unspecified atom stereocenters. The van der Waals surface area contributed by atoms with E-state index >= 15 is 0 Å². The molecule has 0 fully saturated rings. The van der Waals surface area contributed by atoms with Crippen molar-refractivity contribution >= 4 is 17.6 Å². The SMILES string of the molecule is COC(CN)CC(=O)Nc1ccc(OCC(=O)O)cc1. The molecule has 0 aromatic heterocycles. The zero-order valence-corrected chi connectivity index (χ0v) is 11.2. The Labute approximate surface area is 116 Å². The average Bonchev–Trinajstić information content (AvgIpc) is 2.44. The maximum absolute atomic E-state index is 11.7. The molecular weight excluding hydrogens is 264 g/mol. The van der Waals surface area contributed by atoms with E-state index in [4.69, 9.17) is 20.3 Å². The molecule has 0 saturated carbocycles. The van der Waals surface area contributed by atoms with Gasteiger partial charge >= 0.3 is 5.97 Å². The molecule has 0 bridgehead atoms. The first-order valence-electron chi connectivity index (χ1n) is 6.02. The van der Waals surface area contributed by atoms with Crippen LogP contribution in [0.2, 0.25) is 0 Å². The van der Waals surface area contributed by atoms with E-state index < -0.39 is 12.6 Å². The van der Waals surface area contributed by atoms with Crippen LogP contribution >= 0.6 is 0 Å². The van der Waals surface area contributed by atoms with Crippen LogP contribution in [0.1, 0.15) is 6.42 Å². The van der Waals surface area contributed by atoms with Crippen molar-refractivity contribution in [2.75, 3.05) is 25.6 Å². The van der Waals surface area contributed by atoms with E-state index in [0.717, 1.165) is 0 Å². The van der Waals surface area contributed by atoms with Crippen LogP contribution in [-0.4, -0.2) is 43.3 Å². The second-order valence-electron chi connectivity index (χ2n) is 4.05. The third-order valence-corrected chi connectivity index (χ3v) is 2.51. The lowest BCUT2D eigenvalue weighted by Crippen LogP contribution is -2.28. The van der Waals surface area contributed by atoms with Gasteiger partial charge in [0, 0.05) is 19.3 Å². The highest BCUT2D eigenvalue weighted by Gasteiger charge is 2.11. The van der Waals surface area contributed by atoms with E-state index in [0.29, 0.717) is 11.4 Å². The number of methoxy groups -OCH3 is 1. The predicted molar refractivity (Wildman–Crippen MR) is 72.7 cm³/mol. The summed E-state index contributed by atoms with van der Waals surface area (Å²) in [6, 6.07) is 6.41. The Morgan fingerprint density at radius 1 is 1.35 bits per heavy atom. The number of carboxylic acid groups (broad SMARTS) is 1. The summed E-state index contributed by atoms with van der Waals surface area (Å²) in [4.78, 5) is 22.0. The van der Waals surface area contributed by atoms with E-state index in [1.165, 1.54) is 7.11 Å². The molecule has 0 aliphatic heterocycles. The maximum atomic E-state index is 11.7. The highest BCUT2D eigenvalue weighted by atomic mass is 16.5. The number of rotatable bonds is 8. The third kappa shape index (κ3) is 5.68. The molecule has 1 amide bonds. The van der Waals surface area contributed by atoms with Gasteiger partial charge in [-0.25, -0.2) is 4.79 Å². The van der Waals surface area contributed by atoms with Crippen LogP contribution in [0.25, 0.3) is 0 Å². The van der Waals surface area contributed by atoms with Crippen molar-refractivity contribution in [1.29, 1.82) is 0 Å². The number of nitrogens with one attached hydrogen (secondary N) is 1. The Kier molecular flexibility index (Phi) is 6.48. The smallest absolute Gasteiger partial charge is 0.341 e. The molecule has 1 atom stereocenters. The van der Waals surface area contributed by atoms with Gasteiger partial charge in [0.25, 0.3) is 0 Å². The molecule has 0 saturated heterocycles. The molecule has 0 spiro atoms. The van der Waals surface area contributed by atoms with Gasteiger partial charge < -0.3 is 25.6 Å². The second-order valence-corrected chi connectivity index (χ2v) is 4.05. The lowest BCUT2D eigenvalue weighted by atomic mass is 10.2. The van der Waals surface area contributed by atoms with Crippen molar-refractivity contribution in [3.05, 3.63) is 24.3 Å². The van der Waals surface area contributed by atoms with E-state index in [-0.39, 0.29) is 25.0 Å². The summed E-state index contributed by atoms with van der Waals surface area (Å²) in [5.74, 6) is -0.835. The van der Waals surface area contributed by atoms with Crippen molar-refractivity contribution in [3.8, 4) is 5.75 Å². The molecule has 7 nitrogen and oxygen atoms in total. The number of hydrogen-bond acceptors (Lipinski definition) is 5. The number of amides is 1. The Balaban J connectivity index is 2.48. The maximum Gasteiger partial charge on any atom is 0.341 e. The third-order valence-electron chi connectivity index (χ3n) is 2.51. The normalized spacial score (nSPS) is 11.7. The molecule has 1 rings (SSSR count). The number of anilines is 1. The van der Waals surface area contributed by atoms with E-state index in [1.54, 1.807) is 24.3 Å². The minimum Gasteiger partial charge on any atom is -0.482 e. The summed E-state index contributed by atoms with van der Waals surface area (Å²) >= 11 is 0. The molecule has 20 heavy (non-hydrogen) atoms. The Hall–Kier alpha value is -2.12. The summed E-state index contributed by atoms with van der Waals surface area (Å²) in [5.41, 5.74) is 6.02. The Bertz CT molecular complexity index is 443. The molecule has 0 aliphatic carbocycles. The minimum atomic E-state index is -1.05. The van der Waals surface area contributed by atoms with Crippen LogP contribution in [0, 0.1) is 0 Å². The molecule has 7 heteroatoms. The predicted octanol–water partition coefficient (Wildman–Crippen LogP) is 0.452. The van der Waals surface area contributed by atoms with Crippen LogP contribution in [-0.2, 0) is 14.3 Å². The van der Waals surface area contributed by atoms with Crippen molar-refractivity contribution < 1.29 is 24.2 Å². The fourth-order valence-electron chi connectivity index (χ4n) is 1.46. The van der Waals surface area contributed by atoms with Gasteiger partial charge in [0.2, 0.25) is 5.91 Å². The fraction of sp³-hybridized carbons (Fsp3) is 0.385. The van der Waals surface area contributed by atoms with Gasteiger partial charge in [-0.15, -0.1) is 0 Å². The van der Waals surface area contributed by atoms with Gasteiger partial charge in [0.1, 0.15) is 5.75 Å². The van der Waals surface area contributed by atoms with Crippen molar-refractivity contribution in [2.45, 2.75) is 12.5 Å². The summed E-state index contributed by atoms with van der Waals surface area (Å²) in [5, 5.41) is 11.2. The zero-order chi connectivity index (χ0) is 15.0. The number of benzene rings is 1. The van der Waals surface area contributed by atoms with Gasteiger partial charge in [-0.1, -0.05) is 0 Å². The largest absolute Gasteiger partial charge is 0.482 e. The van der Waals surface area contributed by atoms with Gasteiger partial charge in [-0.2, -0.15) is 0 Å². The minimum absolute atomic E-state index is 0.171. The highest BCUT2D eigenvalue weighted by Crippen LogP contribution is 2.16.